The van der Waals surface area contributed by atoms with Crippen LogP contribution in [0, 0.1) is 21.7 Å². The van der Waals surface area contributed by atoms with Gasteiger partial charge >= 0.3 is 0 Å². The number of aryl methyl sites for hydroxylation is 1. The van der Waals surface area contributed by atoms with Crippen molar-refractivity contribution in [2.75, 3.05) is 0 Å². The van der Waals surface area contributed by atoms with Crippen LogP contribution in [0.1, 0.15) is 57.5 Å². The van der Waals surface area contributed by atoms with Crippen LogP contribution in [0.2, 0.25) is 0 Å². The standard InChI is InChI=1S/C16H26N2OS2/c1-10-12(21-14(20)17-10)6-13(19)18-11-7-15(2,3)9-16(4,5)8-11/h11H,6-9H2,1-5H3,(H,17,20)(H,18,19). The Balaban J connectivity index is 1.99. The number of hydrogen-bond donors (Lipinski definition) is 2. The summed E-state index contributed by atoms with van der Waals surface area (Å²) in [6.07, 6.45) is 3.76. The minimum absolute atomic E-state index is 0.113. The van der Waals surface area contributed by atoms with Crippen LogP contribution in [0.15, 0.2) is 0 Å². The van der Waals surface area contributed by atoms with Gasteiger partial charge in [0.15, 0.2) is 3.95 Å². The summed E-state index contributed by atoms with van der Waals surface area (Å²) < 4.78 is 0.746. The Morgan fingerprint density at radius 2 is 1.90 bits per heavy atom. The second-order valence-electron chi connectivity index (χ2n) is 7.92. The van der Waals surface area contributed by atoms with E-state index in [1.54, 1.807) is 0 Å². The lowest BCUT2D eigenvalue weighted by atomic mass is 9.63. The number of carbonyl (C=O) groups is 1. The van der Waals surface area contributed by atoms with E-state index in [1.807, 2.05) is 6.92 Å². The third-order valence-electron chi connectivity index (χ3n) is 4.17. The van der Waals surface area contributed by atoms with Gasteiger partial charge in [0.05, 0.1) is 6.42 Å². The highest BCUT2D eigenvalue weighted by Gasteiger charge is 2.38. The molecule has 21 heavy (non-hydrogen) atoms. The van der Waals surface area contributed by atoms with Gasteiger partial charge in [0.2, 0.25) is 5.91 Å². The van der Waals surface area contributed by atoms with E-state index in [-0.39, 0.29) is 11.9 Å². The molecule has 0 aliphatic heterocycles. The first kappa shape index (κ1) is 16.7. The molecule has 1 fully saturated rings. The van der Waals surface area contributed by atoms with Gasteiger partial charge in [-0.2, -0.15) is 0 Å². The van der Waals surface area contributed by atoms with E-state index < -0.39 is 0 Å². The zero-order chi connectivity index (χ0) is 15.8. The summed E-state index contributed by atoms with van der Waals surface area (Å²) in [6, 6.07) is 0.281. The SMILES string of the molecule is Cc1[nH]c(=S)sc1CC(=O)NC1CC(C)(C)CC(C)(C)C1. The Kier molecular flexibility index (Phi) is 4.64. The van der Waals surface area contributed by atoms with Crippen LogP contribution in [0.5, 0.6) is 0 Å². The van der Waals surface area contributed by atoms with Crippen molar-refractivity contribution in [1.82, 2.24) is 10.3 Å². The van der Waals surface area contributed by atoms with Gasteiger partial charge in [-0.3, -0.25) is 4.79 Å². The topological polar surface area (TPSA) is 44.9 Å². The number of hydrogen-bond acceptors (Lipinski definition) is 3. The van der Waals surface area contributed by atoms with E-state index in [0.717, 1.165) is 27.4 Å². The fraction of sp³-hybridized carbons (Fsp3) is 0.750. The van der Waals surface area contributed by atoms with E-state index in [4.69, 9.17) is 12.2 Å². The molecule has 1 aliphatic carbocycles. The Morgan fingerprint density at radius 3 is 2.38 bits per heavy atom. The summed E-state index contributed by atoms with van der Waals surface area (Å²) in [6.45, 7) is 11.2. The van der Waals surface area contributed by atoms with Crippen molar-refractivity contribution >= 4 is 29.5 Å². The number of aromatic nitrogens is 1. The quantitative estimate of drug-likeness (QED) is 0.810. The molecule has 0 bridgehead atoms. The first-order chi connectivity index (χ1) is 9.56. The van der Waals surface area contributed by atoms with Gasteiger partial charge in [-0.25, -0.2) is 0 Å². The summed E-state index contributed by atoms with van der Waals surface area (Å²) in [7, 11) is 0. The van der Waals surface area contributed by atoms with Crippen molar-refractivity contribution in [1.29, 1.82) is 0 Å². The van der Waals surface area contributed by atoms with Gasteiger partial charge in [0, 0.05) is 16.6 Å². The first-order valence-corrected chi connectivity index (χ1v) is 8.77. The molecule has 1 aromatic rings. The summed E-state index contributed by atoms with van der Waals surface area (Å²) >= 11 is 6.63. The van der Waals surface area contributed by atoms with Crippen LogP contribution in [-0.4, -0.2) is 16.9 Å². The molecule has 0 unspecified atom stereocenters. The fourth-order valence-electron chi connectivity index (χ4n) is 3.98. The van der Waals surface area contributed by atoms with Crippen LogP contribution in [-0.2, 0) is 11.2 Å². The van der Waals surface area contributed by atoms with Crippen molar-refractivity contribution < 1.29 is 4.79 Å². The minimum atomic E-state index is 0.113. The molecule has 1 aromatic heterocycles. The van der Waals surface area contributed by atoms with Gasteiger partial charge in [-0.05, 0) is 49.2 Å². The summed E-state index contributed by atoms with van der Waals surface area (Å²) in [5.41, 5.74) is 1.60. The molecule has 0 atom stereocenters. The predicted molar refractivity (Wildman–Crippen MR) is 91.3 cm³/mol. The van der Waals surface area contributed by atoms with Crippen LogP contribution in [0.4, 0.5) is 0 Å². The Hall–Kier alpha value is -0.680. The average molecular weight is 327 g/mol. The van der Waals surface area contributed by atoms with Crippen molar-refractivity contribution in [2.45, 2.75) is 66.3 Å². The van der Waals surface area contributed by atoms with Crippen LogP contribution in [0.25, 0.3) is 0 Å². The van der Waals surface area contributed by atoms with E-state index in [1.165, 1.54) is 17.8 Å². The molecule has 1 amide bonds. The monoisotopic (exact) mass is 326 g/mol. The third-order valence-corrected chi connectivity index (χ3v) is 5.50. The van der Waals surface area contributed by atoms with Crippen LogP contribution < -0.4 is 5.32 Å². The van der Waals surface area contributed by atoms with Crippen molar-refractivity contribution in [3.05, 3.63) is 14.5 Å². The van der Waals surface area contributed by atoms with Gasteiger partial charge in [-0.15, -0.1) is 11.3 Å². The molecule has 0 radical (unpaired) electrons. The number of aromatic amines is 1. The van der Waals surface area contributed by atoms with E-state index in [2.05, 4.69) is 38.0 Å². The molecule has 118 valence electrons. The number of thiazole rings is 1. The highest BCUT2D eigenvalue weighted by Crippen LogP contribution is 2.45. The molecule has 1 heterocycles. The van der Waals surface area contributed by atoms with E-state index in [9.17, 15) is 4.79 Å². The molecule has 5 heteroatoms. The van der Waals surface area contributed by atoms with Gasteiger partial charge < -0.3 is 10.3 Å². The highest BCUT2D eigenvalue weighted by molar-refractivity contribution is 7.73. The number of nitrogens with one attached hydrogen (secondary N) is 2. The maximum atomic E-state index is 12.3. The predicted octanol–water partition coefficient (Wildman–Crippen LogP) is 4.38. The van der Waals surface area contributed by atoms with Crippen molar-refractivity contribution in [3.8, 4) is 0 Å². The highest BCUT2D eigenvalue weighted by atomic mass is 32.1. The molecule has 1 saturated carbocycles. The number of carbonyl (C=O) groups excluding carboxylic acids is 1. The molecule has 3 nitrogen and oxygen atoms in total. The lowest BCUT2D eigenvalue weighted by molar-refractivity contribution is -0.121. The number of rotatable bonds is 3. The first-order valence-electron chi connectivity index (χ1n) is 7.54. The lowest BCUT2D eigenvalue weighted by Crippen LogP contribution is -2.46. The van der Waals surface area contributed by atoms with Crippen LogP contribution in [0.3, 0.4) is 0 Å². The van der Waals surface area contributed by atoms with Gasteiger partial charge in [-0.1, -0.05) is 27.7 Å². The zero-order valence-corrected chi connectivity index (χ0v) is 15.3. The smallest absolute Gasteiger partial charge is 0.225 e. The zero-order valence-electron chi connectivity index (χ0n) is 13.6. The molecular weight excluding hydrogens is 300 g/mol. The molecule has 2 N–H and O–H groups in total. The minimum Gasteiger partial charge on any atom is -0.353 e. The second-order valence-corrected chi connectivity index (χ2v) is 9.69. The maximum absolute atomic E-state index is 12.3. The molecule has 1 aliphatic rings. The summed E-state index contributed by atoms with van der Waals surface area (Å²) in [5, 5.41) is 3.23. The lowest BCUT2D eigenvalue weighted by Gasteiger charge is -2.45. The maximum Gasteiger partial charge on any atom is 0.225 e. The third kappa shape index (κ3) is 4.65. The second kappa shape index (κ2) is 5.84. The van der Waals surface area contributed by atoms with E-state index >= 15 is 0 Å². The van der Waals surface area contributed by atoms with Crippen molar-refractivity contribution in [3.63, 3.8) is 0 Å². The molecule has 0 spiro atoms. The van der Waals surface area contributed by atoms with Gasteiger partial charge in [0.1, 0.15) is 0 Å². The Bertz CT molecular complexity index is 567. The molecule has 0 aromatic carbocycles. The van der Waals surface area contributed by atoms with E-state index in [0.29, 0.717) is 17.3 Å². The number of amides is 1. The Labute approximate surface area is 136 Å². The Morgan fingerprint density at radius 1 is 1.33 bits per heavy atom. The fourth-order valence-corrected chi connectivity index (χ4v) is 5.27. The van der Waals surface area contributed by atoms with Crippen molar-refractivity contribution in [2.24, 2.45) is 10.8 Å². The largest absolute Gasteiger partial charge is 0.353 e. The van der Waals surface area contributed by atoms with Crippen LogP contribution >= 0.6 is 23.6 Å². The molecule has 0 saturated heterocycles. The molecule has 2 rings (SSSR count). The molecular formula is C16H26N2OS2. The summed E-state index contributed by atoms with van der Waals surface area (Å²) in [4.78, 5) is 16.5. The summed E-state index contributed by atoms with van der Waals surface area (Å²) in [5.74, 6) is 0.113. The number of H-pyrrole nitrogens is 1. The normalized spacial score (nSPS) is 21.2. The average Bonchev–Trinajstić information content (AvgIpc) is 2.51. The van der Waals surface area contributed by atoms with Gasteiger partial charge in [0.25, 0.3) is 0 Å².